The number of ether oxygens (including phenoxy) is 1. The van der Waals surface area contributed by atoms with Gasteiger partial charge < -0.3 is 4.74 Å². The van der Waals surface area contributed by atoms with Gasteiger partial charge in [-0.1, -0.05) is 35.4 Å². The summed E-state index contributed by atoms with van der Waals surface area (Å²) in [5.41, 5.74) is 4.06. The molecule has 0 saturated carbocycles. The molecule has 0 bridgehead atoms. The lowest BCUT2D eigenvalue weighted by Gasteiger charge is -2.02. The second-order valence-corrected chi connectivity index (χ2v) is 6.97. The van der Waals surface area contributed by atoms with Gasteiger partial charge in [-0.05, 0) is 71.8 Å². The van der Waals surface area contributed by atoms with Crippen LogP contribution in [0.4, 0.5) is 0 Å². The topological polar surface area (TPSA) is 38.7 Å². The number of aliphatic imine (C=N–C) groups is 1. The van der Waals surface area contributed by atoms with Crippen LogP contribution in [-0.2, 0) is 9.53 Å². The number of carbonyl (C=O) groups excluding carboxylic acids is 1. The largest absolute Gasteiger partial charge is 0.402 e. The molecule has 0 unspecified atom stereocenters. The third kappa shape index (κ3) is 3.48. The molecule has 1 aliphatic rings. The molecule has 3 nitrogen and oxygen atoms in total. The Kier molecular flexibility index (Phi) is 4.55. The van der Waals surface area contributed by atoms with Crippen LogP contribution in [0.5, 0.6) is 0 Å². The van der Waals surface area contributed by atoms with Gasteiger partial charge in [0.05, 0.1) is 10.6 Å². The molecule has 1 heterocycles. The van der Waals surface area contributed by atoms with Gasteiger partial charge in [0.2, 0.25) is 5.90 Å². The Hall–Kier alpha value is -1.66. The molecule has 1 aliphatic heterocycles. The van der Waals surface area contributed by atoms with E-state index in [2.05, 4.69) is 27.6 Å². The Morgan fingerprint density at radius 1 is 1.17 bits per heavy atom. The van der Waals surface area contributed by atoms with Crippen LogP contribution in [0.2, 0.25) is 5.02 Å². The summed E-state index contributed by atoms with van der Waals surface area (Å²) >= 11 is 8.36. The first-order valence-corrected chi connectivity index (χ1v) is 8.45. The molecule has 116 valence electrons. The van der Waals surface area contributed by atoms with Gasteiger partial charge in [0.15, 0.2) is 5.70 Å². The van der Waals surface area contributed by atoms with Crippen LogP contribution in [-0.4, -0.2) is 11.9 Å². The van der Waals surface area contributed by atoms with Crippen LogP contribution in [0.25, 0.3) is 6.08 Å². The van der Waals surface area contributed by atoms with Gasteiger partial charge in [-0.15, -0.1) is 0 Å². The summed E-state index contributed by atoms with van der Waals surface area (Å²) in [6.45, 7) is 4.00. The van der Waals surface area contributed by atoms with E-state index in [1.807, 2.05) is 44.2 Å². The highest BCUT2D eigenvalue weighted by molar-refractivity contribution is 14.1. The number of nitrogens with zero attached hydrogens (tertiary/aromatic N) is 1. The SMILES string of the molecule is Cc1ccc(C)c(/C=C2/N=C(c3cc(I)ccc3Cl)OC2=O)c1. The molecule has 0 atom stereocenters. The minimum absolute atomic E-state index is 0.245. The molecule has 0 radical (unpaired) electrons. The fraction of sp³-hybridized carbons (Fsp3) is 0.111. The summed E-state index contributed by atoms with van der Waals surface area (Å²) in [5.74, 6) is -0.217. The van der Waals surface area contributed by atoms with Crippen molar-refractivity contribution in [3.05, 3.63) is 72.9 Å². The summed E-state index contributed by atoms with van der Waals surface area (Å²) in [7, 11) is 0. The Labute approximate surface area is 153 Å². The lowest BCUT2D eigenvalue weighted by Crippen LogP contribution is -2.06. The number of halogens is 2. The van der Waals surface area contributed by atoms with Crippen molar-refractivity contribution in [2.24, 2.45) is 4.99 Å². The zero-order valence-electron chi connectivity index (χ0n) is 12.6. The first-order chi connectivity index (χ1) is 10.9. The maximum Gasteiger partial charge on any atom is 0.363 e. The molecule has 0 spiro atoms. The number of carbonyl (C=O) groups is 1. The van der Waals surface area contributed by atoms with Crippen molar-refractivity contribution < 1.29 is 9.53 Å². The van der Waals surface area contributed by atoms with Crippen molar-refractivity contribution in [1.82, 2.24) is 0 Å². The van der Waals surface area contributed by atoms with Gasteiger partial charge >= 0.3 is 5.97 Å². The highest BCUT2D eigenvalue weighted by Gasteiger charge is 2.25. The van der Waals surface area contributed by atoms with E-state index in [1.165, 1.54) is 0 Å². The number of esters is 1. The van der Waals surface area contributed by atoms with Crippen LogP contribution < -0.4 is 0 Å². The van der Waals surface area contributed by atoms with Crippen molar-refractivity contribution in [3.63, 3.8) is 0 Å². The van der Waals surface area contributed by atoms with Crippen molar-refractivity contribution in [3.8, 4) is 0 Å². The number of aryl methyl sites for hydroxylation is 2. The monoisotopic (exact) mass is 437 g/mol. The molecule has 23 heavy (non-hydrogen) atoms. The molecular formula is C18H13ClINO2. The molecular weight excluding hydrogens is 425 g/mol. The van der Waals surface area contributed by atoms with E-state index in [1.54, 1.807) is 12.1 Å². The first-order valence-electron chi connectivity index (χ1n) is 6.99. The number of benzene rings is 2. The van der Waals surface area contributed by atoms with Crippen LogP contribution >= 0.6 is 34.2 Å². The third-order valence-electron chi connectivity index (χ3n) is 3.51. The Balaban J connectivity index is 2.03. The van der Waals surface area contributed by atoms with Crippen molar-refractivity contribution in [2.45, 2.75) is 13.8 Å². The number of cyclic esters (lactones) is 1. The maximum absolute atomic E-state index is 12.1. The summed E-state index contributed by atoms with van der Waals surface area (Å²) < 4.78 is 6.29. The fourth-order valence-electron chi connectivity index (χ4n) is 2.25. The Morgan fingerprint density at radius 3 is 2.74 bits per heavy atom. The van der Waals surface area contributed by atoms with E-state index in [4.69, 9.17) is 16.3 Å². The summed E-state index contributed by atoms with van der Waals surface area (Å²) in [4.78, 5) is 16.4. The van der Waals surface area contributed by atoms with Gasteiger partial charge in [0, 0.05) is 3.57 Å². The quantitative estimate of drug-likeness (QED) is 0.381. The second kappa shape index (κ2) is 6.45. The smallest absolute Gasteiger partial charge is 0.363 e. The van der Waals surface area contributed by atoms with Gasteiger partial charge in [-0.25, -0.2) is 9.79 Å². The standard InChI is InChI=1S/C18H13ClINO2/c1-10-3-4-11(2)12(7-10)8-16-18(22)23-17(21-16)14-9-13(20)5-6-15(14)19/h3-9H,1-2H3/b16-8+. The van der Waals surface area contributed by atoms with Crippen LogP contribution in [0.15, 0.2) is 47.1 Å². The predicted octanol–water partition coefficient (Wildman–Crippen LogP) is 4.91. The summed E-state index contributed by atoms with van der Waals surface area (Å²) in [5, 5.41) is 0.505. The molecule has 5 heteroatoms. The molecule has 2 aromatic carbocycles. The van der Waals surface area contributed by atoms with E-state index in [9.17, 15) is 4.79 Å². The van der Waals surface area contributed by atoms with Gasteiger partial charge in [-0.2, -0.15) is 0 Å². The molecule has 0 amide bonds. The minimum Gasteiger partial charge on any atom is -0.402 e. The Bertz CT molecular complexity index is 871. The molecule has 2 aromatic rings. The number of rotatable bonds is 2. The number of hydrogen-bond acceptors (Lipinski definition) is 3. The van der Waals surface area contributed by atoms with E-state index in [-0.39, 0.29) is 11.6 Å². The molecule has 3 rings (SSSR count). The van der Waals surface area contributed by atoms with Gasteiger partial charge in [-0.3, -0.25) is 0 Å². The van der Waals surface area contributed by atoms with Crippen LogP contribution in [0.3, 0.4) is 0 Å². The molecule has 0 aromatic heterocycles. The van der Waals surface area contributed by atoms with E-state index >= 15 is 0 Å². The summed E-state index contributed by atoms with van der Waals surface area (Å²) in [6, 6.07) is 11.6. The van der Waals surface area contributed by atoms with Gasteiger partial charge in [0.1, 0.15) is 0 Å². The van der Waals surface area contributed by atoms with E-state index in [0.29, 0.717) is 10.6 Å². The third-order valence-corrected chi connectivity index (χ3v) is 4.51. The minimum atomic E-state index is -0.462. The average Bonchev–Trinajstić information content (AvgIpc) is 2.86. The Morgan fingerprint density at radius 2 is 1.96 bits per heavy atom. The van der Waals surface area contributed by atoms with Crippen LogP contribution in [0.1, 0.15) is 22.3 Å². The molecule has 0 N–H and O–H groups in total. The normalized spacial score (nSPS) is 15.7. The highest BCUT2D eigenvalue weighted by Crippen LogP contribution is 2.26. The lowest BCUT2D eigenvalue weighted by atomic mass is 10.0. The van der Waals surface area contributed by atoms with Crippen molar-refractivity contribution in [1.29, 1.82) is 0 Å². The lowest BCUT2D eigenvalue weighted by molar-refractivity contribution is -0.129. The predicted molar refractivity (Wildman–Crippen MR) is 101 cm³/mol. The molecule has 0 saturated heterocycles. The van der Waals surface area contributed by atoms with Crippen molar-refractivity contribution in [2.75, 3.05) is 0 Å². The maximum atomic E-state index is 12.1. The highest BCUT2D eigenvalue weighted by atomic mass is 127. The van der Waals surface area contributed by atoms with E-state index in [0.717, 1.165) is 20.3 Å². The van der Waals surface area contributed by atoms with E-state index < -0.39 is 5.97 Å². The van der Waals surface area contributed by atoms with Gasteiger partial charge in [0.25, 0.3) is 0 Å². The average molecular weight is 438 g/mol. The van der Waals surface area contributed by atoms with Crippen molar-refractivity contribution >= 4 is 52.1 Å². The summed E-state index contributed by atoms with van der Waals surface area (Å²) in [6.07, 6.45) is 1.75. The fourth-order valence-corrected chi connectivity index (χ4v) is 2.94. The van der Waals surface area contributed by atoms with Crippen LogP contribution in [0, 0.1) is 17.4 Å². The zero-order chi connectivity index (χ0) is 16.6. The first kappa shape index (κ1) is 16.2. The molecule has 0 fully saturated rings. The molecule has 0 aliphatic carbocycles. The second-order valence-electron chi connectivity index (χ2n) is 5.32. The zero-order valence-corrected chi connectivity index (χ0v) is 15.5. The number of hydrogen-bond donors (Lipinski definition) is 0.